The van der Waals surface area contributed by atoms with Gasteiger partial charge in [-0.2, -0.15) is 5.10 Å². The van der Waals surface area contributed by atoms with Crippen LogP contribution in [-0.4, -0.2) is 51.7 Å². The molecular weight excluding hydrogens is 422 g/mol. The van der Waals surface area contributed by atoms with Gasteiger partial charge in [-0.15, -0.1) is 0 Å². The molecule has 10 heteroatoms. The zero-order chi connectivity index (χ0) is 23.2. The van der Waals surface area contributed by atoms with Gasteiger partial charge in [0, 0.05) is 35.2 Å². The molecule has 1 amide bonds. The molecule has 4 aromatic rings. The summed E-state index contributed by atoms with van der Waals surface area (Å²) in [6, 6.07) is 5.04. The molecule has 0 bridgehead atoms. The number of aliphatic hydroxyl groups is 1. The molecule has 10 nitrogen and oxygen atoms in total. The summed E-state index contributed by atoms with van der Waals surface area (Å²) in [4.78, 5) is 38.4. The van der Waals surface area contributed by atoms with Crippen LogP contribution in [0.1, 0.15) is 40.2 Å². The lowest BCUT2D eigenvalue weighted by Crippen LogP contribution is -2.21. The molecule has 0 aliphatic heterocycles. The van der Waals surface area contributed by atoms with Crippen LogP contribution in [0.4, 0.5) is 5.82 Å². The number of ketones is 1. The lowest BCUT2D eigenvalue weighted by atomic mass is 10.1. The minimum absolute atomic E-state index is 0.0489. The number of rotatable bonds is 7. The van der Waals surface area contributed by atoms with Crippen molar-refractivity contribution in [2.45, 2.75) is 45.4 Å². The van der Waals surface area contributed by atoms with E-state index in [4.69, 9.17) is 0 Å². The van der Waals surface area contributed by atoms with Gasteiger partial charge in [-0.25, -0.2) is 15.0 Å². The number of hydrogen-bond acceptors (Lipinski definition) is 7. The molecule has 0 radical (unpaired) electrons. The third kappa shape index (κ3) is 4.24. The number of amides is 1. The summed E-state index contributed by atoms with van der Waals surface area (Å²) in [5, 5.41) is 18.0. The van der Waals surface area contributed by atoms with Crippen LogP contribution in [0.2, 0.25) is 0 Å². The molecule has 33 heavy (non-hydrogen) atoms. The molecule has 0 unspecified atom stereocenters. The molecule has 4 heterocycles. The van der Waals surface area contributed by atoms with Gasteiger partial charge in [-0.05, 0) is 44.9 Å². The fourth-order valence-corrected chi connectivity index (χ4v) is 3.90. The van der Waals surface area contributed by atoms with E-state index in [0.717, 1.165) is 24.2 Å². The molecule has 1 saturated carbocycles. The quantitative estimate of drug-likeness (QED) is 0.417. The van der Waals surface area contributed by atoms with E-state index in [-0.39, 0.29) is 24.1 Å². The van der Waals surface area contributed by atoms with E-state index in [0.29, 0.717) is 28.7 Å². The molecule has 1 fully saturated rings. The number of nitrogens with zero attached hydrogens (tertiary/aromatic N) is 6. The van der Waals surface area contributed by atoms with Crippen LogP contribution < -0.4 is 5.32 Å². The summed E-state index contributed by atoms with van der Waals surface area (Å²) in [5.74, 6) is -0.256. The van der Waals surface area contributed by atoms with Crippen molar-refractivity contribution in [1.29, 1.82) is 0 Å². The van der Waals surface area contributed by atoms with Crippen molar-refractivity contribution < 1.29 is 14.7 Å². The number of nitrogens with one attached hydrogen (secondary N) is 1. The fourth-order valence-electron chi connectivity index (χ4n) is 3.90. The first-order chi connectivity index (χ1) is 15.8. The van der Waals surface area contributed by atoms with Gasteiger partial charge in [0.2, 0.25) is 5.91 Å². The number of hydrogen-bond donors (Lipinski definition) is 2. The zero-order valence-corrected chi connectivity index (χ0v) is 18.3. The number of pyridine rings is 1. The van der Waals surface area contributed by atoms with E-state index in [2.05, 4.69) is 25.4 Å². The third-order valence-electron chi connectivity index (χ3n) is 5.76. The van der Waals surface area contributed by atoms with Crippen molar-refractivity contribution in [3.63, 3.8) is 0 Å². The largest absolute Gasteiger partial charge is 0.388 e. The summed E-state index contributed by atoms with van der Waals surface area (Å²) in [6.45, 7) is 4.17. The monoisotopic (exact) mass is 445 g/mol. The fraction of sp³-hybridized carbons (Fsp3) is 0.304. The molecule has 0 saturated heterocycles. The molecule has 5 rings (SSSR count). The van der Waals surface area contributed by atoms with Crippen LogP contribution in [-0.2, 0) is 17.9 Å². The van der Waals surface area contributed by atoms with E-state index >= 15 is 0 Å². The molecule has 1 aliphatic rings. The Bertz CT molecular complexity index is 1380. The van der Waals surface area contributed by atoms with Gasteiger partial charge in [-0.1, -0.05) is 0 Å². The van der Waals surface area contributed by atoms with E-state index in [1.807, 2.05) is 19.9 Å². The maximum absolute atomic E-state index is 13.3. The highest BCUT2D eigenvalue weighted by atomic mass is 16.3. The average Bonchev–Trinajstić information content (AvgIpc) is 3.28. The molecule has 2 N–H and O–H groups in total. The van der Waals surface area contributed by atoms with E-state index in [1.165, 1.54) is 12.5 Å². The number of fused-ring (bicyclic) bond motifs is 1. The van der Waals surface area contributed by atoms with E-state index in [9.17, 15) is 14.7 Å². The molecule has 0 atom stereocenters. The first-order valence-electron chi connectivity index (χ1n) is 10.6. The molecule has 4 aromatic heterocycles. The highest BCUT2D eigenvalue weighted by Gasteiger charge is 2.41. The van der Waals surface area contributed by atoms with E-state index < -0.39 is 5.60 Å². The highest BCUT2D eigenvalue weighted by molar-refractivity contribution is 6.16. The molecular formula is C23H23N7O3. The maximum atomic E-state index is 13.3. The standard InChI is InChI=1S/C23H23N7O3/c1-14-7-15(2)30(28-14)11-20(31)27-19-8-16(3-6-25-19)21(32)18-10-29(12-23(33)4-5-23)22-17(18)9-24-13-26-22/h3,6-10,13,33H,4-5,11-12H2,1-2H3,(H,25,27,31). The minimum Gasteiger partial charge on any atom is -0.388 e. The zero-order valence-electron chi connectivity index (χ0n) is 18.3. The van der Waals surface area contributed by atoms with Crippen molar-refractivity contribution >= 4 is 28.5 Å². The number of carbonyl (C=O) groups is 2. The second kappa shape index (κ2) is 7.89. The smallest absolute Gasteiger partial charge is 0.247 e. The second-order valence-corrected chi connectivity index (χ2v) is 8.55. The predicted octanol–water partition coefficient (Wildman–Crippen LogP) is 2.03. The Morgan fingerprint density at radius 2 is 2.03 bits per heavy atom. The topological polar surface area (TPSA) is 128 Å². The van der Waals surface area contributed by atoms with Crippen LogP contribution in [0.25, 0.3) is 11.0 Å². The minimum atomic E-state index is -0.739. The van der Waals surface area contributed by atoms with Gasteiger partial charge in [0.25, 0.3) is 0 Å². The Morgan fingerprint density at radius 3 is 2.76 bits per heavy atom. The predicted molar refractivity (Wildman–Crippen MR) is 120 cm³/mol. The lowest BCUT2D eigenvalue weighted by molar-refractivity contribution is -0.117. The first-order valence-corrected chi connectivity index (χ1v) is 10.6. The number of anilines is 1. The van der Waals surface area contributed by atoms with Gasteiger partial charge in [0.05, 0.1) is 23.4 Å². The SMILES string of the molecule is Cc1cc(C)n(CC(=O)Nc2cc(C(=O)c3cn(CC4(O)CC4)c4ncncc34)ccn2)n1. The van der Waals surface area contributed by atoms with Gasteiger partial charge in [0.1, 0.15) is 24.3 Å². The average molecular weight is 445 g/mol. The molecule has 0 spiro atoms. The van der Waals surface area contributed by atoms with Gasteiger partial charge >= 0.3 is 0 Å². The first kappa shape index (κ1) is 21.0. The van der Waals surface area contributed by atoms with Gasteiger partial charge < -0.3 is 15.0 Å². The molecule has 0 aromatic carbocycles. The number of carbonyl (C=O) groups excluding carboxylic acids is 2. The third-order valence-corrected chi connectivity index (χ3v) is 5.76. The normalized spacial score (nSPS) is 14.4. The molecule has 1 aliphatic carbocycles. The highest BCUT2D eigenvalue weighted by Crippen LogP contribution is 2.37. The van der Waals surface area contributed by atoms with E-state index in [1.54, 1.807) is 33.8 Å². The summed E-state index contributed by atoms with van der Waals surface area (Å²) >= 11 is 0. The maximum Gasteiger partial charge on any atom is 0.247 e. The molecule has 168 valence electrons. The van der Waals surface area contributed by atoms with Crippen LogP contribution in [0.5, 0.6) is 0 Å². The summed E-state index contributed by atoms with van der Waals surface area (Å²) < 4.78 is 3.41. The Kier molecular flexibility index (Phi) is 5.01. The Hall–Kier alpha value is -3.92. The van der Waals surface area contributed by atoms with Crippen LogP contribution in [0.3, 0.4) is 0 Å². The number of aryl methyl sites for hydroxylation is 2. The summed E-state index contributed by atoms with van der Waals surface area (Å²) in [6.07, 6.45) is 7.67. The van der Waals surface area contributed by atoms with Gasteiger partial charge in [0.15, 0.2) is 5.78 Å². The van der Waals surface area contributed by atoms with Crippen molar-refractivity contribution in [1.82, 2.24) is 29.3 Å². The Labute approximate surface area is 189 Å². The van der Waals surface area contributed by atoms with Gasteiger partial charge in [-0.3, -0.25) is 14.3 Å². The second-order valence-electron chi connectivity index (χ2n) is 8.55. The van der Waals surface area contributed by atoms with Crippen LogP contribution in [0, 0.1) is 13.8 Å². The summed E-state index contributed by atoms with van der Waals surface area (Å²) in [5.41, 5.74) is 2.38. The Morgan fingerprint density at radius 1 is 1.21 bits per heavy atom. The van der Waals surface area contributed by atoms with Crippen molar-refractivity contribution in [2.24, 2.45) is 0 Å². The summed E-state index contributed by atoms with van der Waals surface area (Å²) in [7, 11) is 0. The number of aromatic nitrogens is 6. The van der Waals surface area contributed by atoms with Crippen LogP contribution >= 0.6 is 0 Å². The van der Waals surface area contributed by atoms with Crippen molar-refractivity contribution in [3.05, 3.63) is 65.6 Å². The van der Waals surface area contributed by atoms with Crippen molar-refractivity contribution in [2.75, 3.05) is 5.32 Å². The van der Waals surface area contributed by atoms with Crippen LogP contribution in [0.15, 0.2) is 43.1 Å². The Balaban J connectivity index is 1.38. The van der Waals surface area contributed by atoms with Crippen molar-refractivity contribution in [3.8, 4) is 0 Å². The lowest BCUT2D eigenvalue weighted by Gasteiger charge is -2.09.